The predicted octanol–water partition coefficient (Wildman–Crippen LogP) is 3.28. The Morgan fingerprint density at radius 3 is 2.65 bits per heavy atom. The Morgan fingerprint density at radius 2 is 1.98 bits per heavy atom. The highest BCUT2D eigenvalue weighted by molar-refractivity contribution is 7.90. The van der Waals surface area contributed by atoms with Gasteiger partial charge in [0.25, 0.3) is 0 Å². The molecule has 0 amide bonds. The fraction of sp³-hybridized carbons (Fsp3) is 0.379. The van der Waals surface area contributed by atoms with Gasteiger partial charge in [-0.2, -0.15) is 10.4 Å². The molecule has 4 aromatic rings. The molecule has 2 bridgehead atoms. The normalized spacial score (nSPS) is 19.2. The molecule has 40 heavy (non-hydrogen) atoms. The van der Waals surface area contributed by atoms with Crippen molar-refractivity contribution in [1.82, 2.24) is 24.5 Å². The molecule has 0 radical (unpaired) electrons. The van der Waals surface area contributed by atoms with Crippen molar-refractivity contribution in [1.29, 1.82) is 5.26 Å². The molecule has 7 heterocycles. The van der Waals surface area contributed by atoms with Crippen LogP contribution in [0.3, 0.4) is 0 Å². The zero-order chi connectivity index (χ0) is 27.6. The van der Waals surface area contributed by atoms with Gasteiger partial charge in [0.1, 0.15) is 23.4 Å². The Hall–Kier alpha value is -3.85. The first-order chi connectivity index (χ1) is 19.5. The van der Waals surface area contributed by atoms with Crippen molar-refractivity contribution in [3.63, 3.8) is 0 Å². The number of pyridine rings is 3. The number of rotatable bonds is 10. The van der Waals surface area contributed by atoms with Crippen molar-refractivity contribution < 1.29 is 14.0 Å². The van der Waals surface area contributed by atoms with Gasteiger partial charge in [0.2, 0.25) is 5.88 Å². The van der Waals surface area contributed by atoms with Crippen LogP contribution in [0, 0.1) is 11.3 Å². The van der Waals surface area contributed by atoms with E-state index < -0.39 is 11.2 Å². The summed E-state index contributed by atoms with van der Waals surface area (Å²) in [5, 5.41) is 14.0. The van der Waals surface area contributed by atoms with E-state index in [9.17, 15) is 9.81 Å². The Kier molecular flexibility index (Phi) is 7.47. The van der Waals surface area contributed by atoms with Crippen LogP contribution in [-0.2, 0) is 17.7 Å². The van der Waals surface area contributed by atoms with Crippen LogP contribution in [-0.4, -0.2) is 79.9 Å². The summed E-state index contributed by atoms with van der Waals surface area (Å²) in [6, 6.07) is 13.3. The van der Waals surface area contributed by atoms with Gasteiger partial charge in [0, 0.05) is 67.7 Å². The first-order valence-corrected chi connectivity index (χ1v) is 15.1. The van der Waals surface area contributed by atoms with Crippen LogP contribution < -0.4 is 14.4 Å². The lowest BCUT2D eigenvalue weighted by Gasteiger charge is -2.56. The van der Waals surface area contributed by atoms with Gasteiger partial charge in [-0.25, -0.2) is 14.5 Å². The number of piperidine rings is 1. The second-order valence-electron chi connectivity index (χ2n) is 10.3. The summed E-state index contributed by atoms with van der Waals surface area (Å²) >= 11 is -0.850. The monoisotopic (exact) mass is 557 g/mol. The lowest BCUT2D eigenvalue weighted by atomic mass is 9.87. The quantitative estimate of drug-likeness (QED) is 0.214. The summed E-state index contributed by atoms with van der Waals surface area (Å²) in [4.78, 5) is 14.1. The van der Waals surface area contributed by atoms with Crippen molar-refractivity contribution in [2.24, 2.45) is 0 Å². The SMILES string of the molecule is COc1ccc(CN2C3CC2CN(c2ccc(-c4cc(OCCC[S+](C)[O-])cn5ncc(C#N)c45)cn2)C3)cn1. The maximum absolute atomic E-state index is 11.4. The van der Waals surface area contributed by atoms with E-state index in [0.29, 0.717) is 48.1 Å². The van der Waals surface area contributed by atoms with Crippen molar-refractivity contribution in [2.45, 2.75) is 31.5 Å². The summed E-state index contributed by atoms with van der Waals surface area (Å²) in [7, 11) is 1.63. The number of nitriles is 1. The molecule has 11 heteroatoms. The molecular weight excluding hydrogens is 526 g/mol. The number of hydrogen-bond donors (Lipinski definition) is 0. The number of anilines is 1. The zero-order valence-corrected chi connectivity index (χ0v) is 23.4. The van der Waals surface area contributed by atoms with Crippen molar-refractivity contribution in [3.8, 4) is 28.8 Å². The topological polar surface area (TPSA) is 115 Å². The fourth-order valence-corrected chi connectivity index (χ4v) is 6.16. The second-order valence-corrected chi connectivity index (χ2v) is 11.8. The molecule has 0 N–H and O–H groups in total. The highest BCUT2D eigenvalue weighted by Crippen LogP contribution is 2.36. The molecule has 3 fully saturated rings. The molecule has 0 saturated carbocycles. The molecule has 206 valence electrons. The average molecular weight is 558 g/mol. The maximum atomic E-state index is 11.4. The fourth-order valence-electron chi connectivity index (χ4n) is 5.63. The number of nitrogens with zero attached hydrogens (tertiary/aromatic N) is 7. The van der Waals surface area contributed by atoms with E-state index in [2.05, 4.69) is 44.2 Å². The largest absolute Gasteiger partial charge is 0.617 e. The molecule has 3 aliphatic heterocycles. The predicted molar refractivity (Wildman–Crippen MR) is 153 cm³/mol. The van der Waals surface area contributed by atoms with Crippen LogP contribution in [0.4, 0.5) is 5.82 Å². The third-order valence-corrected chi connectivity index (χ3v) is 8.51. The van der Waals surface area contributed by atoms with Gasteiger partial charge in [-0.05, 0) is 30.2 Å². The van der Waals surface area contributed by atoms with Gasteiger partial charge < -0.3 is 18.9 Å². The smallest absolute Gasteiger partial charge is 0.212 e. The van der Waals surface area contributed by atoms with Gasteiger partial charge in [-0.15, -0.1) is 0 Å². The molecule has 10 nitrogen and oxygen atoms in total. The molecular formula is C29H31N7O3S. The Labute approximate surface area is 236 Å². The standard InChI is InChI=1S/C29H31N7O3S/c1-38-28-7-4-20(13-32-28)16-35-23-10-24(35)18-34(17-23)27-6-5-21(14-31-27)26-11-25(39-8-3-9-40(2)37)19-36-29(26)22(12-30)15-33-36/h4-7,11,13-15,19,23-24H,3,8-10,16-18H2,1-2H3. The number of ether oxygens (including phenoxy) is 2. The van der Waals surface area contributed by atoms with Crippen molar-refractivity contribution in [3.05, 3.63) is 66.2 Å². The molecule has 3 aliphatic rings. The Balaban J connectivity index is 1.16. The highest BCUT2D eigenvalue weighted by atomic mass is 32.2. The van der Waals surface area contributed by atoms with Crippen molar-refractivity contribution >= 4 is 22.5 Å². The van der Waals surface area contributed by atoms with Crippen LogP contribution in [0.2, 0.25) is 0 Å². The lowest BCUT2D eigenvalue weighted by molar-refractivity contribution is -0.00876. The average Bonchev–Trinajstić information content (AvgIpc) is 3.41. The third-order valence-electron chi connectivity index (χ3n) is 7.65. The summed E-state index contributed by atoms with van der Waals surface area (Å²) < 4.78 is 24.2. The second kappa shape index (κ2) is 11.3. The van der Waals surface area contributed by atoms with Gasteiger partial charge >= 0.3 is 0 Å². The first-order valence-electron chi connectivity index (χ1n) is 13.3. The number of aromatic nitrogens is 4. The van der Waals surface area contributed by atoms with Crippen LogP contribution in [0.1, 0.15) is 24.0 Å². The van der Waals surface area contributed by atoms with E-state index in [1.54, 1.807) is 30.3 Å². The first kappa shape index (κ1) is 26.4. The third kappa shape index (κ3) is 5.30. The van der Waals surface area contributed by atoms with E-state index >= 15 is 0 Å². The maximum Gasteiger partial charge on any atom is 0.212 e. The minimum atomic E-state index is -0.850. The van der Waals surface area contributed by atoms with Crippen molar-refractivity contribution in [2.75, 3.05) is 43.7 Å². The summed E-state index contributed by atoms with van der Waals surface area (Å²) in [5.74, 6) is 2.82. The minimum absolute atomic E-state index is 0.456. The lowest BCUT2D eigenvalue weighted by Crippen LogP contribution is -2.68. The molecule has 3 saturated heterocycles. The molecule has 0 spiro atoms. The minimum Gasteiger partial charge on any atom is -0.617 e. The van der Waals surface area contributed by atoms with E-state index in [0.717, 1.165) is 42.1 Å². The molecule has 0 aliphatic carbocycles. The summed E-state index contributed by atoms with van der Waals surface area (Å²) in [6.07, 6.45) is 10.7. The van der Waals surface area contributed by atoms with E-state index in [1.807, 2.05) is 24.5 Å². The van der Waals surface area contributed by atoms with Gasteiger partial charge in [0.05, 0.1) is 43.4 Å². The van der Waals surface area contributed by atoms with E-state index in [4.69, 9.17) is 14.5 Å². The number of piperazine rings is 1. The number of fused-ring (bicyclic) bond motifs is 3. The van der Waals surface area contributed by atoms with E-state index in [1.165, 1.54) is 12.0 Å². The van der Waals surface area contributed by atoms with E-state index in [-0.39, 0.29) is 0 Å². The molecule has 3 unspecified atom stereocenters. The van der Waals surface area contributed by atoms with Gasteiger partial charge in [-0.3, -0.25) is 4.90 Å². The Morgan fingerprint density at radius 1 is 1.12 bits per heavy atom. The molecule has 0 aromatic carbocycles. The summed E-state index contributed by atoms with van der Waals surface area (Å²) in [5.41, 5.74) is 4.14. The zero-order valence-electron chi connectivity index (χ0n) is 22.6. The molecule has 3 atom stereocenters. The summed E-state index contributed by atoms with van der Waals surface area (Å²) in [6.45, 7) is 3.22. The number of hydrogen-bond acceptors (Lipinski definition) is 9. The van der Waals surface area contributed by atoms with Crippen LogP contribution >= 0.6 is 0 Å². The van der Waals surface area contributed by atoms with Crippen LogP contribution in [0.25, 0.3) is 16.6 Å². The molecule has 7 rings (SSSR count). The van der Waals surface area contributed by atoms with Crippen LogP contribution in [0.15, 0.2) is 55.1 Å². The van der Waals surface area contributed by atoms with Gasteiger partial charge in [0.15, 0.2) is 0 Å². The highest BCUT2D eigenvalue weighted by Gasteiger charge is 2.44. The molecule has 4 aromatic heterocycles. The van der Waals surface area contributed by atoms with Crippen LogP contribution in [0.5, 0.6) is 11.6 Å². The Bertz CT molecular complexity index is 1510. The van der Waals surface area contributed by atoms with Gasteiger partial charge in [-0.1, -0.05) is 17.2 Å². The number of methoxy groups -OCH3 is 1.